The van der Waals surface area contributed by atoms with Crippen LogP contribution < -0.4 is 11.1 Å². The smallest absolute Gasteiger partial charge is 0.237 e. The van der Waals surface area contributed by atoms with Gasteiger partial charge in [-0.2, -0.15) is 0 Å². The highest BCUT2D eigenvalue weighted by Crippen LogP contribution is 2.10. The van der Waals surface area contributed by atoms with Crippen molar-refractivity contribution in [3.8, 4) is 0 Å². The monoisotopic (exact) mass is 266 g/mol. The topological polar surface area (TPSA) is 55.1 Å². The van der Waals surface area contributed by atoms with Gasteiger partial charge in [-0.3, -0.25) is 4.79 Å². The molecule has 19 heavy (non-hydrogen) atoms. The first kappa shape index (κ1) is 15.6. The lowest BCUT2D eigenvalue weighted by molar-refractivity contribution is -0.123. The Kier molecular flexibility index (Phi) is 5.96. The minimum Gasteiger partial charge on any atom is -0.354 e. The molecule has 0 radical (unpaired) electrons. The summed E-state index contributed by atoms with van der Waals surface area (Å²) in [5.41, 5.74) is 7.78. The number of nitrogens with one attached hydrogen (secondary N) is 1. The summed E-state index contributed by atoms with van der Waals surface area (Å²) < 4.78 is 12.9. The van der Waals surface area contributed by atoms with Gasteiger partial charge in [-0.1, -0.05) is 26.3 Å². The zero-order valence-corrected chi connectivity index (χ0v) is 11.9. The maximum absolute atomic E-state index is 12.9. The van der Waals surface area contributed by atoms with Crippen molar-refractivity contribution >= 4 is 5.91 Å². The van der Waals surface area contributed by atoms with Crippen molar-refractivity contribution in [3.05, 3.63) is 35.1 Å². The number of nitrogens with two attached hydrogens (primary N) is 1. The zero-order chi connectivity index (χ0) is 14.4. The van der Waals surface area contributed by atoms with Crippen LogP contribution in [0.15, 0.2) is 18.2 Å². The summed E-state index contributed by atoms with van der Waals surface area (Å²) in [5, 5.41) is 2.83. The minimum absolute atomic E-state index is 0.117. The summed E-state index contributed by atoms with van der Waals surface area (Å²) in [6.07, 6.45) is 1.57. The molecular formula is C15H23FN2O. The van der Waals surface area contributed by atoms with Gasteiger partial charge in [0.15, 0.2) is 0 Å². The Bertz CT molecular complexity index is 434. The van der Waals surface area contributed by atoms with Gasteiger partial charge < -0.3 is 11.1 Å². The zero-order valence-electron chi connectivity index (χ0n) is 11.9. The molecule has 0 spiro atoms. The van der Waals surface area contributed by atoms with Crippen LogP contribution in [0.25, 0.3) is 0 Å². The molecule has 0 heterocycles. The first-order chi connectivity index (χ1) is 8.95. The fraction of sp³-hybridized carbons (Fsp3) is 0.533. The molecule has 4 heteroatoms. The first-order valence-electron chi connectivity index (χ1n) is 6.74. The standard InChI is InChI=1S/C15H23FN2O/c1-4-10(2)14(17)15(19)18-8-7-12-5-6-13(16)9-11(12)3/h5-6,9-10,14H,4,7-8,17H2,1-3H3,(H,18,19). The van der Waals surface area contributed by atoms with Crippen molar-refractivity contribution < 1.29 is 9.18 Å². The largest absolute Gasteiger partial charge is 0.354 e. The van der Waals surface area contributed by atoms with Gasteiger partial charge in [0.1, 0.15) is 5.82 Å². The van der Waals surface area contributed by atoms with E-state index in [9.17, 15) is 9.18 Å². The van der Waals surface area contributed by atoms with Gasteiger partial charge in [-0.05, 0) is 42.5 Å². The van der Waals surface area contributed by atoms with E-state index in [1.54, 1.807) is 6.07 Å². The Morgan fingerprint density at radius 2 is 2.16 bits per heavy atom. The highest BCUT2D eigenvalue weighted by Gasteiger charge is 2.18. The van der Waals surface area contributed by atoms with E-state index in [1.165, 1.54) is 12.1 Å². The number of carbonyl (C=O) groups excluding carboxylic acids is 1. The van der Waals surface area contributed by atoms with E-state index in [0.717, 1.165) is 17.5 Å². The summed E-state index contributed by atoms with van der Waals surface area (Å²) in [6.45, 7) is 6.37. The average Bonchev–Trinajstić information content (AvgIpc) is 2.39. The summed E-state index contributed by atoms with van der Waals surface area (Å²) in [4.78, 5) is 11.8. The van der Waals surface area contributed by atoms with Crippen LogP contribution in [-0.4, -0.2) is 18.5 Å². The summed E-state index contributed by atoms with van der Waals surface area (Å²) >= 11 is 0. The third-order valence-electron chi connectivity index (χ3n) is 3.56. The molecule has 0 aromatic heterocycles. The average molecular weight is 266 g/mol. The van der Waals surface area contributed by atoms with Crippen molar-refractivity contribution in [2.45, 2.75) is 39.7 Å². The second-order valence-corrected chi connectivity index (χ2v) is 5.02. The molecule has 1 amide bonds. The highest BCUT2D eigenvalue weighted by molar-refractivity contribution is 5.81. The lowest BCUT2D eigenvalue weighted by Crippen LogP contribution is -2.45. The fourth-order valence-electron chi connectivity index (χ4n) is 1.89. The Balaban J connectivity index is 2.44. The number of carbonyl (C=O) groups is 1. The second kappa shape index (κ2) is 7.24. The van der Waals surface area contributed by atoms with E-state index < -0.39 is 6.04 Å². The number of halogens is 1. The molecule has 0 saturated carbocycles. The van der Waals surface area contributed by atoms with Gasteiger partial charge in [-0.25, -0.2) is 4.39 Å². The molecule has 2 atom stereocenters. The molecule has 0 saturated heterocycles. The summed E-state index contributed by atoms with van der Waals surface area (Å²) in [7, 11) is 0. The molecule has 1 rings (SSSR count). The van der Waals surface area contributed by atoms with Crippen LogP contribution in [0.2, 0.25) is 0 Å². The lowest BCUT2D eigenvalue weighted by Gasteiger charge is -2.17. The van der Waals surface area contributed by atoms with Crippen molar-refractivity contribution in [1.29, 1.82) is 0 Å². The van der Waals surface area contributed by atoms with Gasteiger partial charge in [-0.15, -0.1) is 0 Å². The van der Waals surface area contributed by atoms with E-state index in [0.29, 0.717) is 13.0 Å². The molecular weight excluding hydrogens is 243 g/mol. The van der Waals surface area contributed by atoms with E-state index in [2.05, 4.69) is 5.32 Å². The molecule has 0 aliphatic heterocycles. The van der Waals surface area contributed by atoms with Crippen LogP contribution in [0, 0.1) is 18.7 Å². The summed E-state index contributed by atoms with van der Waals surface area (Å²) in [5.74, 6) is -0.175. The van der Waals surface area contributed by atoms with Crippen molar-refractivity contribution in [1.82, 2.24) is 5.32 Å². The number of hydrogen-bond acceptors (Lipinski definition) is 2. The molecule has 3 N–H and O–H groups in total. The Labute approximate surface area is 114 Å². The number of benzene rings is 1. The molecule has 0 bridgehead atoms. The Morgan fingerprint density at radius 3 is 2.74 bits per heavy atom. The molecule has 1 aromatic rings. The van der Waals surface area contributed by atoms with Crippen LogP contribution in [0.1, 0.15) is 31.4 Å². The molecule has 2 unspecified atom stereocenters. The Morgan fingerprint density at radius 1 is 1.47 bits per heavy atom. The van der Waals surface area contributed by atoms with Crippen molar-refractivity contribution in [3.63, 3.8) is 0 Å². The maximum Gasteiger partial charge on any atom is 0.237 e. The van der Waals surface area contributed by atoms with Crippen LogP contribution >= 0.6 is 0 Å². The predicted octanol–water partition coefficient (Wildman–Crippen LogP) is 2.17. The van der Waals surface area contributed by atoms with E-state index in [-0.39, 0.29) is 17.6 Å². The van der Waals surface area contributed by atoms with E-state index >= 15 is 0 Å². The Hall–Kier alpha value is -1.42. The third-order valence-corrected chi connectivity index (χ3v) is 3.56. The minimum atomic E-state index is -0.459. The van der Waals surface area contributed by atoms with Gasteiger partial charge in [0, 0.05) is 6.54 Å². The SMILES string of the molecule is CCC(C)C(N)C(=O)NCCc1ccc(F)cc1C. The van der Waals surface area contributed by atoms with Gasteiger partial charge in [0.2, 0.25) is 5.91 Å². The number of rotatable bonds is 6. The first-order valence-corrected chi connectivity index (χ1v) is 6.74. The van der Waals surface area contributed by atoms with Crippen LogP contribution in [0.5, 0.6) is 0 Å². The predicted molar refractivity (Wildman–Crippen MR) is 75.3 cm³/mol. The molecule has 1 aromatic carbocycles. The fourth-order valence-corrected chi connectivity index (χ4v) is 1.89. The molecule has 106 valence electrons. The highest BCUT2D eigenvalue weighted by atomic mass is 19.1. The van der Waals surface area contributed by atoms with Crippen LogP contribution in [0.3, 0.4) is 0 Å². The number of amides is 1. The van der Waals surface area contributed by atoms with Gasteiger partial charge in [0.05, 0.1) is 6.04 Å². The molecule has 3 nitrogen and oxygen atoms in total. The van der Waals surface area contributed by atoms with Crippen molar-refractivity contribution in [2.24, 2.45) is 11.7 Å². The normalized spacial score (nSPS) is 13.9. The molecule has 0 aliphatic rings. The van der Waals surface area contributed by atoms with E-state index in [4.69, 9.17) is 5.73 Å². The quantitative estimate of drug-likeness (QED) is 0.829. The maximum atomic E-state index is 12.9. The van der Waals surface area contributed by atoms with Crippen molar-refractivity contribution in [2.75, 3.05) is 6.54 Å². The second-order valence-electron chi connectivity index (χ2n) is 5.02. The molecule has 0 aliphatic carbocycles. The van der Waals surface area contributed by atoms with Gasteiger partial charge >= 0.3 is 0 Å². The van der Waals surface area contributed by atoms with E-state index in [1.807, 2.05) is 20.8 Å². The summed E-state index contributed by atoms with van der Waals surface area (Å²) in [6, 6.07) is 4.24. The van der Waals surface area contributed by atoms with Crippen LogP contribution in [-0.2, 0) is 11.2 Å². The number of aryl methyl sites for hydroxylation is 1. The molecule has 0 fully saturated rings. The third kappa shape index (κ3) is 4.63. The van der Waals surface area contributed by atoms with Crippen LogP contribution in [0.4, 0.5) is 4.39 Å². The lowest BCUT2D eigenvalue weighted by atomic mass is 9.99. The van der Waals surface area contributed by atoms with Gasteiger partial charge in [0.25, 0.3) is 0 Å². The number of hydrogen-bond donors (Lipinski definition) is 2.